The second kappa shape index (κ2) is 4.07. The first-order valence-electron chi connectivity index (χ1n) is 4.61. The van der Waals surface area contributed by atoms with Gasteiger partial charge in [0, 0.05) is 13.2 Å². The molecule has 1 heterocycles. The highest BCUT2D eigenvalue weighted by Crippen LogP contribution is 2.33. The van der Waals surface area contributed by atoms with Gasteiger partial charge in [-0.2, -0.15) is 0 Å². The first kappa shape index (κ1) is 9.01. The second-order valence-corrected chi connectivity index (χ2v) is 3.57. The summed E-state index contributed by atoms with van der Waals surface area (Å²) in [5.74, 6) is 0. The van der Waals surface area contributed by atoms with Gasteiger partial charge in [0.25, 0.3) is 0 Å². The quantitative estimate of drug-likeness (QED) is 0.674. The second-order valence-electron chi connectivity index (χ2n) is 3.57. The molecule has 66 valence electrons. The molecule has 2 N–H and O–H groups in total. The summed E-state index contributed by atoms with van der Waals surface area (Å²) < 4.78 is 5.32. The summed E-state index contributed by atoms with van der Waals surface area (Å²) in [6.45, 7) is 4.89. The molecular weight excluding hydrogens is 138 g/mol. The van der Waals surface area contributed by atoms with Crippen LogP contribution >= 0.6 is 0 Å². The zero-order valence-corrected chi connectivity index (χ0v) is 7.44. The fourth-order valence-corrected chi connectivity index (χ4v) is 1.89. The Bertz CT molecular complexity index is 103. The Morgan fingerprint density at radius 2 is 2.00 bits per heavy atom. The maximum absolute atomic E-state index is 5.77. The molecule has 0 amide bonds. The van der Waals surface area contributed by atoms with E-state index >= 15 is 0 Å². The van der Waals surface area contributed by atoms with E-state index in [1.807, 2.05) is 0 Å². The monoisotopic (exact) mass is 157 g/mol. The third-order valence-corrected chi connectivity index (χ3v) is 2.77. The van der Waals surface area contributed by atoms with Crippen molar-refractivity contribution >= 4 is 0 Å². The van der Waals surface area contributed by atoms with Gasteiger partial charge in [-0.05, 0) is 31.2 Å². The molecule has 0 atom stereocenters. The molecule has 0 aliphatic carbocycles. The average Bonchev–Trinajstić information content (AvgIpc) is 2.07. The number of ether oxygens (including phenoxy) is 1. The van der Waals surface area contributed by atoms with Crippen LogP contribution in [0, 0.1) is 5.41 Å². The number of rotatable bonds is 3. The molecule has 0 aromatic carbocycles. The first-order chi connectivity index (χ1) is 5.33. The van der Waals surface area contributed by atoms with E-state index in [9.17, 15) is 0 Å². The Balaban J connectivity index is 2.42. The Kier molecular flexibility index (Phi) is 3.34. The van der Waals surface area contributed by atoms with Gasteiger partial charge in [0.05, 0.1) is 0 Å². The Morgan fingerprint density at radius 3 is 2.45 bits per heavy atom. The fourth-order valence-electron chi connectivity index (χ4n) is 1.89. The summed E-state index contributed by atoms with van der Waals surface area (Å²) in [6, 6.07) is 0. The van der Waals surface area contributed by atoms with Gasteiger partial charge in [-0.25, -0.2) is 0 Å². The van der Waals surface area contributed by atoms with E-state index in [1.165, 1.54) is 12.8 Å². The minimum atomic E-state index is 0.424. The molecule has 0 aromatic rings. The van der Waals surface area contributed by atoms with Crippen LogP contribution in [-0.4, -0.2) is 19.8 Å². The van der Waals surface area contributed by atoms with E-state index in [1.54, 1.807) is 0 Å². The predicted octanol–water partition coefficient (Wildman–Crippen LogP) is 1.54. The van der Waals surface area contributed by atoms with Gasteiger partial charge in [0.2, 0.25) is 0 Å². The van der Waals surface area contributed by atoms with E-state index in [-0.39, 0.29) is 0 Å². The molecule has 1 aliphatic rings. The first-order valence-corrected chi connectivity index (χ1v) is 4.61. The molecule has 2 nitrogen and oxygen atoms in total. The summed E-state index contributed by atoms with van der Waals surface area (Å²) in [5.41, 5.74) is 6.19. The number of hydrogen-bond donors (Lipinski definition) is 1. The zero-order valence-electron chi connectivity index (χ0n) is 7.44. The summed E-state index contributed by atoms with van der Waals surface area (Å²) >= 11 is 0. The maximum atomic E-state index is 5.77. The van der Waals surface area contributed by atoms with E-state index in [0.717, 1.165) is 32.6 Å². The molecule has 2 heteroatoms. The lowest BCUT2D eigenvalue weighted by molar-refractivity contribution is 0.0144. The van der Waals surface area contributed by atoms with Gasteiger partial charge in [-0.15, -0.1) is 0 Å². The minimum Gasteiger partial charge on any atom is -0.381 e. The van der Waals surface area contributed by atoms with Crippen LogP contribution in [0.5, 0.6) is 0 Å². The largest absolute Gasteiger partial charge is 0.381 e. The molecule has 11 heavy (non-hydrogen) atoms. The highest BCUT2D eigenvalue weighted by Gasteiger charge is 2.29. The van der Waals surface area contributed by atoms with Crippen LogP contribution in [0.1, 0.15) is 32.6 Å². The lowest BCUT2D eigenvalue weighted by atomic mass is 9.77. The van der Waals surface area contributed by atoms with Crippen LogP contribution in [-0.2, 0) is 4.74 Å². The van der Waals surface area contributed by atoms with Crippen molar-refractivity contribution < 1.29 is 4.74 Å². The summed E-state index contributed by atoms with van der Waals surface area (Å²) in [5, 5.41) is 0. The summed E-state index contributed by atoms with van der Waals surface area (Å²) in [7, 11) is 0. The number of hydrogen-bond acceptors (Lipinski definition) is 2. The van der Waals surface area contributed by atoms with Crippen LogP contribution in [0.15, 0.2) is 0 Å². The van der Waals surface area contributed by atoms with E-state index in [0.29, 0.717) is 5.41 Å². The molecule has 1 aliphatic heterocycles. The molecule has 0 radical (unpaired) electrons. The molecule has 1 fully saturated rings. The third-order valence-electron chi connectivity index (χ3n) is 2.77. The molecule has 1 rings (SSSR count). The van der Waals surface area contributed by atoms with Crippen molar-refractivity contribution in [2.24, 2.45) is 11.1 Å². The van der Waals surface area contributed by atoms with Gasteiger partial charge in [0.15, 0.2) is 0 Å². The van der Waals surface area contributed by atoms with E-state index < -0.39 is 0 Å². The molecule has 0 aromatic heterocycles. The fraction of sp³-hybridized carbons (Fsp3) is 1.00. The molecular formula is C9H19NO. The maximum Gasteiger partial charge on any atom is 0.0471 e. The van der Waals surface area contributed by atoms with Gasteiger partial charge in [-0.1, -0.05) is 13.3 Å². The highest BCUT2D eigenvalue weighted by atomic mass is 16.5. The minimum absolute atomic E-state index is 0.424. The van der Waals surface area contributed by atoms with Crippen molar-refractivity contribution in [1.82, 2.24) is 0 Å². The smallest absolute Gasteiger partial charge is 0.0471 e. The van der Waals surface area contributed by atoms with E-state index in [2.05, 4.69) is 6.92 Å². The highest BCUT2D eigenvalue weighted by molar-refractivity contribution is 4.82. The molecule has 0 saturated carbocycles. The van der Waals surface area contributed by atoms with Gasteiger partial charge >= 0.3 is 0 Å². The molecule has 0 unspecified atom stereocenters. The van der Waals surface area contributed by atoms with Gasteiger partial charge < -0.3 is 10.5 Å². The summed E-state index contributed by atoms with van der Waals surface area (Å²) in [4.78, 5) is 0. The summed E-state index contributed by atoms with van der Waals surface area (Å²) in [6.07, 6.45) is 4.85. The van der Waals surface area contributed by atoms with Crippen LogP contribution in [0.2, 0.25) is 0 Å². The SMILES string of the molecule is CCCC1(CN)CCOCC1. The van der Waals surface area contributed by atoms with Gasteiger partial charge in [-0.3, -0.25) is 0 Å². The van der Waals surface area contributed by atoms with Gasteiger partial charge in [0.1, 0.15) is 0 Å². The standard InChI is InChI=1S/C9H19NO/c1-2-3-9(8-10)4-6-11-7-5-9/h2-8,10H2,1H3. The molecule has 0 spiro atoms. The molecule has 1 saturated heterocycles. The van der Waals surface area contributed by atoms with Crippen LogP contribution in [0.4, 0.5) is 0 Å². The van der Waals surface area contributed by atoms with Crippen molar-refractivity contribution in [3.8, 4) is 0 Å². The lowest BCUT2D eigenvalue weighted by Gasteiger charge is -2.35. The molecule has 0 bridgehead atoms. The lowest BCUT2D eigenvalue weighted by Crippen LogP contribution is -2.36. The van der Waals surface area contributed by atoms with Crippen LogP contribution < -0.4 is 5.73 Å². The Morgan fingerprint density at radius 1 is 1.36 bits per heavy atom. The van der Waals surface area contributed by atoms with Crippen LogP contribution in [0.3, 0.4) is 0 Å². The van der Waals surface area contributed by atoms with Crippen molar-refractivity contribution in [1.29, 1.82) is 0 Å². The van der Waals surface area contributed by atoms with Crippen LogP contribution in [0.25, 0.3) is 0 Å². The zero-order chi connectivity index (χ0) is 8.16. The van der Waals surface area contributed by atoms with Crippen molar-refractivity contribution in [2.75, 3.05) is 19.8 Å². The topological polar surface area (TPSA) is 35.2 Å². The van der Waals surface area contributed by atoms with Crippen molar-refractivity contribution in [3.63, 3.8) is 0 Å². The van der Waals surface area contributed by atoms with E-state index in [4.69, 9.17) is 10.5 Å². The average molecular weight is 157 g/mol. The Labute approximate surface area is 69.1 Å². The normalized spacial score (nSPS) is 23.5. The number of nitrogens with two attached hydrogens (primary N) is 1. The predicted molar refractivity (Wildman–Crippen MR) is 46.4 cm³/mol. The third kappa shape index (κ3) is 2.17. The van der Waals surface area contributed by atoms with Crippen molar-refractivity contribution in [2.45, 2.75) is 32.6 Å². The van der Waals surface area contributed by atoms with Crippen molar-refractivity contribution in [3.05, 3.63) is 0 Å². The Hall–Kier alpha value is -0.0800.